The van der Waals surface area contributed by atoms with Gasteiger partial charge in [-0.1, -0.05) is 0 Å². The Morgan fingerprint density at radius 1 is 1.35 bits per heavy atom. The van der Waals surface area contributed by atoms with Gasteiger partial charge in [0.1, 0.15) is 0 Å². The fourth-order valence-electron chi connectivity index (χ4n) is 1.74. The van der Waals surface area contributed by atoms with Crippen molar-refractivity contribution in [2.24, 2.45) is 5.92 Å². The fraction of sp³-hybridized carbons (Fsp3) is 0.889. The second-order valence-electron chi connectivity index (χ2n) is 4.06. The SMILES string of the molecule is COC(=O)NS(=O)(=O)NCC1CCC(Cl)CC1. The molecule has 2 N–H and O–H groups in total. The maximum atomic E-state index is 11.4. The summed E-state index contributed by atoms with van der Waals surface area (Å²) in [6.07, 6.45) is 2.60. The lowest BCUT2D eigenvalue weighted by Crippen LogP contribution is -2.42. The van der Waals surface area contributed by atoms with Crippen molar-refractivity contribution in [2.75, 3.05) is 13.7 Å². The molecule has 1 amide bonds. The minimum atomic E-state index is -3.81. The van der Waals surface area contributed by atoms with Crippen LogP contribution in [0, 0.1) is 5.92 Å². The molecule has 17 heavy (non-hydrogen) atoms. The molecule has 0 aromatic rings. The molecular formula is C9H17ClN2O4S. The van der Waals surface area contributed by atoms with Crippen LogP contribution >= 0.6 is 11.6 Å². The van der Waals surface area contributed by atoms with Crippen LogP contribution < -0.4 is 9.44 Å². The Morgan fingerprint density at radius 2 is 1.94 bits per heavy atom. The molecule has 0 bridgehead atoms. The van der Waals surface area contributed by atoms with E-state index in [4.69, 9.17) is 11.6 Å². The van der Waals surface area contributed by atoms with Crippen molar-refractivity contribution >= 4 is 27.9 Å². The third-order valence-corrected chi connectivity index (χ3v) is 4.16. The summed E-state index contributed by atoms with van der Waals surface area (Å²) in [7, 11) is -2.71. The number of alkyl halides is 1. The lowest BCUT2D eigenvalue weighted by molar-refractivity contribution is 0.177. The molecule has 0 saturated heterocycles. The van der Waals surface area contributed by atoms with Gasteiger partial charge >= 0.3 is 16.3 Å². The average Bonchev–Trinajstić information content (AvgIpc) is 2.28. The van der Waals surface area contributed by atoms with E-state index in [-0.39, 0.29) is 11.3 Å². The molecule has 0 unspecified atom stereocenters. The molecule has 0 atom stereocenters. The number of carbonyl (C=O) groups is 1. The highest BCUT2D eigenvalue weighted by Crippen LogP contribution is 2.26. The molecule has 0 radical (unpaired) electrons. The smallest absolute Gasteiger partial charge is 0.421 e. The topological polar surface area (TPSA) is 84.5 Å². The van der Waals surface area contributed by atoms with Crippen molar-refractivity contribution in [2.45, 2.75) is 31.1 Å². The molecule has 0 spiro atoms. The first-order valence-electron chi connectivity index (χ1n) is 5.42. The van der Waals surface area contributed by atoms with Gasteiger partial charge in [-0.15, -0.1) is 11.6 Å². The van der Waals surface area contributed by atoms with E-state index in [0.29, 0.717) is 6.54 Å². The summed E-state index contributed by atoms with van der Waals surface area (Å²) < 4.78 is 31.0. The zero-order valence-electron chi connectivity index (χ0n) is 9.61. The maximum absolute atomic E-state index is 11.4. The van der Waals surface area contributed by atoms with Crippen molar-refractivity contribution in [3.63, 3.8) is 0 Å². The first-order valence-corrected chi connectivity index (χ1v) is 7.34. The summed E-state index contributed by atoms with van der Waals surface area (Å²) in [5.41, 5.74) is 0. The van der Waals surface area contributed by atoms with E-state index >= 15 is 0 Å². The highest BCUT2D eigenvalue weighted by molar-refractivity contribution is 7.88. The van der Waals surface area contributed by atoms with Crippen LogP contribution in [0.25, 0.3) is 0 Å². The van der Waals surface area contributed by atoms with E-state index < -0.39 is 16.3 Å². The van der Waals surface area contributed by atoms with Crippen LogP contribution in [0.15, 0.2) is 0 Å². The number of hydrogen-bond donors (Lipinski definition) is 2. The van der Waals surface area contributed by atoms with E-state index in [2.05, 4.69) is 9.46 Å². The van der Waals surface area contributed by atoms with Gasteiger partial charge in [0.15, 0.2) is 0 Å². The van der Waals surface area contributed by atoms with E-state index in [1.807, 2.05) is 0 Å². The standard InChI is InChI=1S/C9H17ClN2O4S/c1-16-9(13)12-17(14,15)11-6-7-2-4-8(10)5-3-7/h7-8,11H,2-6H2,1H3,(H,12,13). The third-order valence-electron chi connectivity index (χ3n) is 2.74. The molecule has 1 aliphatic carbocycles. The van der Waals surface area contributed by atoms with Crippen LogP contribution in [0.3, 0.4) is 0 Å². The van der Waals surface area contributed by atoms with E-state index in [9.17, 15) is 13.2 Å². The Labute approximate surface area is 106 Å². The van der Waals surface area contributed by atoms with Crippen LogP contribution in [0.2, 0.25) is 0 Å². The third kappa shape index (κ3) is 5.56. The van der Waals surface area contributed by atoms with Gasteiger partial charge in [-0.05, 0) is 31.6 Å². The van der Waals surface area contributed by atoms with Crippen LogP contribution in [-0.2, 0) is 14.9 Å². The summed E-state index contributed by atoms with van der Waals surface area (Å²) in [6.45, 7) is 0.315. The van der Waals surface area contributed by atoms with Crippen LogP contribution in [0.5, 0.6) is 0 Å². The largest absolute Gasteiger partial charge is 0.452 e. The molecule has 6 nitrogen and oxygen atoms in total. The predicted molar refractivity (Wildman–Crippen MR) is 64.1 cm³/mol. The molecule has 1 fully saturated rings. The summed E-state index contributed by atoms with van der Waals surface area (Å²) in [4.78, 5) is 10.8. The molecule has 8 heteroatoms. The molecule has 1 rings (SSSR count). The molecular weight excluding hydrogens is 268 g/mol. The van der Waals surface area contributed by atoms with Crippen molar-refractivity contribution in [3.05, 3.63) is 0 Å². The zero-order chi connectivity index (χ0) is 12.9. The van der Waals surface area contributed by atoms with Crippen LogP contribution in [-0.4, -0.2) is 33.5 Å². The first kappa shape index (κ1) is 14.5. The van der Waals surface area contributed by atoms with Gasteiger partial charge in [0.05, 0.1) is 7.11 Å². The van der Waals surface area contributed by atoms with E-state index in [1.54, 1.807) is 4.72 Å². The van der Waals surface area contributed by atoms with Gasteiger partial charge in [-0.2, -0.15) is 13.1 Å². The quantitative estimate of drug-likeness (QED) is 0.754. The Balaban J connectivity index is 2.32. The highest BCUT2D eigenvalue weighted by Gasteiger charge is 2.22. The molecule has 1 saturated carbocycles. The maximum Gasteiger partial charge on any atom is 0.421 e. The number of hydrogen-bond acceptors (Lipinski definition) is 4. The predicted octanol–water partition coefficient (Wildman–Crippen LogP) is 0.974. The van der Waals surface area contributed by atoms with Crippen molar-refractivity contribution < 1.29 is 17.9 Å². The number of methoxy groups -OCH3 is 1. The minimum Gasteiger partial charge on any atom is -0.452 e. The first-order chi connectivity index (χ1) is 7.93. The number of nitrogens with one attached hydrogen (secondary N) is 2. The lowest BCUT2D eigenvalue weighted by atomic mass is 9.89. The molecule has 0 heterocycles. The van der Waals surface area contributed by atoms with Gasteiger partial charge in [0, 0.05) is 11.9 Å². The van der Waals surface area contributed by atoms with Crippen molar-refractivity contribution in [3.8, 4) is 0 Å². The molecule has 100 valence electrons. The van der Waals surface area contributed by atoms with Crippen molar-refractivity contribution in [1.29, 1.82) is 0 Å². The Hall–Kier alpha value is -0.530. The number of amides is 1. The van der Waals surface area contributed by atoms with Crippen LogP contribution in [0.4, 0.5) is 4.79 Å². The number of carbonyl (C=O) groups excluding carboxylic acids is 1. The van der Waals surface area contributed by atoms with Gasteiger partial charge < -0.3 is 4.74 Å². The summed E-state index contributed by atoms with van der Waals surface area (Å²) in [6, 6.07) is 0. The lowest BCUT2D eigenvalue weighted by Gasteiger charge is -2.24. The van der Waals surface area contributed by atoms with E-state index in [0.717, 1.165) is 32.8 Å². The second-order valence-corrected chi connectivity index (χ2v) is 6.18. The monoisotopic (exact) mass is 284 g/mol. The Bertz CT molecular complexity index is 352. The highest BCUT2D eigenvalue weighted by atomic mass is 35.5. The summed E-state index contributed by atoms with van der Waals surface area (Å²) in [5.74, 6) is 0.277. The van der Waals surface area contributed by atoms with Crippen molar-refractivity contribution in [1.82, 2.24) is 9.44 Å². The second kappa shape index (κ2) is 6.42. The number of halogens is 1. The summed E-state index contributed by atoms with van der Waals surface area (Å²) >= 11 is 5.95. The minimum absolute atomic E-state index is 0.205. The zero-order valence-corrected chi connectivity index (χ0v) is 11.2. The molecule has 0 aromatic heterocycles. The Kier molecular flexibility index (Phi) is 5.48. The molecule has 0 aliphatic heterocycles. The Morgan fingerprint density at radius 3 is 2.47 bits per heavy atom. The number of rotatable bonds is 4. The number of ether oxygens (including phenoxy) is 1. The summed E-state index contributed by atoms with van der Waals surface area (Å²) in [5, 5.41) is 0.205. The molecule has 1 aliphatic rings. The average molecular weight is 285 g/mol. The van der Waals surface area contributed by atoms with Gasteiger partial charge in [-0.25, -0.2) is 9.52 Å². The van der Waals surface area contributed by atoms with Gasteiger partial charge in [0.2, 0.25) is 0 Å². The van der Waals surface area contributed by atoms with Crippen LogP contribution in [0.1, 0.15) is 25.7 Å². The van der Waals surface area contributed by atoms with E-state index in [1.165, 1.54) is 0 Å². The molecule has 0 aromatic carbocycles. The van der Waals surface area contributed by atoms with Gasteiger partial charge in [-0.3, -0.25) is 0 Å². The van der Waals surface area contributed by atoms with Gasteiger partial charge in [0.25, 0.3) is 0 Å². The normalized spacial score (nSPS) is 25.3. The fourth-order valence-corrected chi connectivity index (χ4v) is 2.82.